The van der Waals surface area contributed by atoms with Gasteiger partial charge in [0.2, 0.25) is 5.89 Å². The van der Waals surface area contributed by atoms with Gasteiger partial charge in [0.1, 0.15) is 0 Å². The second-order valence-electron chi connectivity index (χ2n) is 4.85. The van der Waals surface area contributed by atoms with E-state index in [1.807, 2.05) is 12.1 Å². The van der Waals surface area contributed by atoms with Crippen LogP contribution in [0.2, 0.25) is 0 Å². The predicted octanol–water partition coefficient (Wildman–Crippen LogP) is 2.09. The SMILES string of the molecule is Cc1ccc(-c2cnc(CNC3=NCCCN3)o2)cc1. The summed E-state index contributed by atoms with van der Waals surface area (Å²) < 4.78 is 5.74. The summed E-state index contributed by atoms with van der Waals surface area (Å²) in [5, 5.41) is 6.40. The van der Waals surface area contributed by atoms with Crippen LogP contribution in [0.25, 0.3) is 11.3 Å². The molecule has 0 atom stereocenters. The number of aromatic nitrogens is 1. The molecule has 0 spiro atoms. The Morgan fingerprint density at radius 3 is 2.90 bits per heavy atom. The minimum absolute atomic E-state index is 0.539. The standard InChI is InChI=1S/C15H18N4O/c1-11-3-5-12(6-4-11)13-9-18-14(20-13)10-19-15-16-7-2-8-17-15/h3-6,9H,2,7-8,10H2,1H3,(H2,16,17,19). The van der Waals surface area contributed by atoms with Crippen LogP contribution >= 0.6 is 0 Å². The van der Waals surface area contributed by atoms with Gasteiger partial charge in [0.05, 0.1) is 12.7 Å². The number of aliphatic imine (C=N–C) groups is 1. The maximum atomic E-state index is 5.74. The molecule has 2 heterocycles. The van der Waals surface area contributed by atoms with Crippen molar-refractivity contribution in [1.29, 1.82) is 0 Å². The van der Waals surface area contributed by atoms with Gasteiger partial charge in [-0.3, -0.25) is 4.99 Å². The highest BCUT2D eigenvalue weighted by atomic mass is 16.4. The molecule has 3 rings (SSSR count). The van der Waals surface area contributed by atoms with Crippen molar-refractivity contribution in [3.05, 3.63) is 41.9 Å². The Balaban J connectivity index is 1.64. The fourth-order valence-electron chi connectivity index (χ4n) is 2.05. The lowest BCUT2D eigenvalue weighted by Crippen LogP contribution is -2.40. The molecule has 0 unspecified atom stereocenters. The Morgan fingerprint density at radius 1 is 1.30 bits per heavy atom. The highest BCUT2D eigenvalue weighted by Gasteiger charge is 2.08. The van der Waals surface area contributed by atoms with Crippen molar-refractivity contribution in [2.45, 2.75) is 19.9 Å². The Morgan fingerprint density at radius 2 is 2.15 bits per heavy atom. The number of benzene rings is 1. The van der Waals surface area contributed by atoms with Gasteiger partial charge in [-0.1, -0.05) is 29.8 Å². The molecule has 0 bridgehead atoms. The first-order valence-electron chi connectivity index (χ1n) is 6.85. The second kappa shape index (κ2) is 5.77. The molecular weight excluding hydrogens is 252 g/mol. The van der Waals surface area contributed by atoms with E-state index in [4.69, 9.17) is 4.42 Å². The summed E-state index contributed by atoms with van der Waals surface area (Å²) in [7, 11) is 0. The molecule has 5 nitrogen and oxygen atoms in total. The third-order valence-electron chi connectivity index (χ3n) is 3.19. The van der Waals surface area contributed by atoms with E-state index in [2.05, 4.69) is 39.7 Å². The predicted molar refractivity (Wildman–Crippen MR) is 78.4 cm³/mol. The fourth-order valence-corrected chi connectivity index (χ4v) is 2.05. The number of hydrogen-bond donors (Lipinski definition) is 2. The molecule has 1 aliphatic heterocycles. The van der Waals surface area contributed by atoms with Crippen LogP contribution in [0.3, 0.4) is 0 Å². The van der Waals surface area contributed by atoms with Crippen LogP contribution in [-0.2, 0) is 6.54 Å². The third-order valence-corrected chi connectivity index (χ3v) is 3.19. The summed E-state index contributed by atoms with van der Waals surface area (Å²) in [5.41, 5.74) is 2.28. The lowest BCUT2D eigenvalue weighted by molar-refractivity contribution is 0.496. The van der Waals surface area contributed by atoms with Gasteiger partial charge in [-0.25, -0.2) is 4.98 Å². The van der Waals surface area contributed by atoms with E-state index in [9.17, 15) is 0 Å². The molecule has 2 aromatic rings. The van der Waals surface area contributed by atoms with Crippen LogP contribution < -0.4 is 10.6 Å². The minimum Gasteiger partial charge on any atom is -0.439 e. The van der Waals surface area contributed by atoms with E-state index in [0.29, 0.717) is 12.4 Å². The minimum atomic E-state index is 0.539. The molecule has 0 radical (unpaired) electrons. The van der Waals surface area contributed by atoms with Crippen molar-refractivity contribution in [3.63, 3.8) is 0 Å². The zero-order chi connectivity index (χ0) is 13.8. The number of nitrogens with one attached hydrogen (secondary N) is 2. The molecule has 0 saturated heterocycles. The van der Waals surface area contributed by atoms with Gasteiger partial charge in [0, 0.05) is 18.7 Å². The Labute approximate surface area is 118 Å². The largest absolute Gasteiger partial charge is 0.439 e. The van der Waals surface area contributed by atoms with Crippen LogP contribution in [0.4, 0.5) is 0 Å². The van der Waals surface area contributed by atoms with Gasteiger partial charge < -0.3 is 15.1 Å². The molecule has 5 heteroatoms. The number of nitrogens with zero attached hydrogens (tertiary/aromatic N) is 2. The molecule has 0 aliphatic carbocycles. The fraction of sp³-hybridized carbons (Fsp3) is 0.333. The van der Waals surface area contributed by atoms with E-state index in [-0.39, 0.29) is 0 Å². The molecule has 0 amide bonds. The van der Waals surface area contributed by atoms with Crippen molar-refractivity contribution < 1.29 is 4.42 Å². The maximum Gasteiger partial charge on any atom is 0.214 e. The molecule has 1 aromatic carbocycles. The normalized spacial score (nSPS) is 14.6. The summed E-state index contributed by atoms with van der Waals surface area (Å²) in [6.07, 6.45) is 2.85. The molecule has 2 N–H and O–H groups in total. The summed E-state index contributed by atoms with van der Waals surface area (Å²) in [5.74, 6) is 2.28. The lowest BCUT2D eigenvalue weighted by atomic mass is 10.1. The molecule has 104 valence electrons. The summed E-state index contributed by atoms with van der Waals surface area (Å²) in [6, 6.07) is 8.21. The second-order valence-corrected chi connectivity index (χ2v) is 4.85. The number of oxazole rings is 1. The highest BCUT2D eigenvalue weighted by Crippen LogP contribution is 2.20. The number of rotatable bonds is 3. The van der Waals surface area contributed by atoms with Gasteiger partial charge in [-0.2, -0.15) is 0 Å². The monoisotopic (exact) mass is 270 g/mol. The van der Waals surface area contributed by atoms with E-state index >= 15 is 0 Å². The van der Waals surface area contributed by atoms with E-state index in [1.165, 1.54) is 5.56 Å². The smallest absolute Gasteiger partial charge is 0.214 e. The average Bonchev–Trinajstić information content (AvgIpc) is 2.96. The molecular formula is C15H18N4O. The van der Waals surface area contributed by atoms with Crippen LogP contribution in [0.1, 0.15) is 17.9 Å². The zero-order valence-corrected chi connectivity index (χ0v) is 11.5. The first-order valence-corrected chi connectivity index (χ1v) is 6.85. The maximum absolute atomic E-state index is 5.74. The summed E-state index contributed by atoms with van der Waals surface area (Å²) in [4.78, 5) is 8.63. The van der Waals surface area contributed by atoms with Gasteiger partial charge >= 0.3 is 0 Å². The van der Waals surface area contributed by atoms with Gasteiger partial charge in [-0.05, 0) is 13.3 Å². The van der Waals surface area contributed by atoms with E-state index in [1.54, 1.807) is 6.20 Å². The number of guanidine groups is 1. The Bertz CT molecular complexity index is 601. The summed E-state index contributed by atoms with van der Waals surface area (Å²) in [6.45, 7) is 4.44. The highest BCUT2D eigenvalue weighted by molar-refractivity contribution is 5.80. The van der Waals surface area contributed by atoms with Crippen LogP contribution in [-0.4, -0.2) is 24.0 Å². The molecule has 0 saturated carbocycles. The quantitative estimate of drug-likeness (QED) is 0.896. The van der Waals surface area contributed by atoms with Gasteiger partial charge in [0.15, 0.2) is 11.7 Å². The Kier molecular flexibility index (Phi) is 3.67. The van der Waals surface area contributed by atoms with Gasteiger partial charge in [0.25, 0.3) is 0 Å². The molecule has 1 aromatic heterocycles. The number of hydrogen-bond acceptors (Lipinski definition) is 5. The van der Waals surface area contributed by atoms with Crippen molar-refractivity contribution in [3.8, 4) is 11.3 Å². The van der Waals surface area contributed by atoms with E-state index in [0.717, 1.165) is 36.8 Å². The third kappa shape index (κ3) is 2.99. The van der Waals surface area contributed by atoms with Crippen molar-refractivity contribution in [2.75, 3.05) is 13.1 Å². The topological polar surface area (TPSA) is 62.5 Å². The lowest BCUT2D eigenvalue weighted by Gasteiger charge is -2.14. The van der Waals surface area contributed by atoms with Crippen molar-refractivity contribution >= 4 is 5.96 Å². The average molecular weight is 270 g/mol. The molecule has 0 fully saturated rings. The first kappa shape index (κ1) is 12.7. The van der Waals surface area contributed by atoms with Crippen molar-refractivity contribution in [1.82, 2.24) is 15.6 Å². The Hall–Kier alpha value is -2.30. The van der Waals surface area contributed by atoms with Crippen molar-refractivity contribution in [2.24, 2.45) is 4.99 Å². The van der Waals surface area contributed by atoms with Gasteiger partial charge in [-0.15, -0.1) is 0 Å². The van der Waals surface area contributed by atoms with Crippen LogP contribution in [0.15, 0.2) is 39.9 Å². The van der Waals surface area contributed by atoms with E-state index < -0.39 is 0 Å². The molecule has 1 aliphatic rings. The number of aryl methyl sites for hydroxylation is 1. The summed E-state index contributed by atoms with van der Waals surface area (Å²) >= 11 is 0. The van der Waals surface area contributed by atoms with Crippen LogP contribution in [0, 0.1) is 6.92 Å². The molecule has 20 heavy (non-hydrogen) atoms. The first-order chi connectivity index (χ1) is 9.81. The van der Waals surface area contributed by atoms with Crippen LogP contribution in [0.5, 0.6) is 0 Å². The zero-order valence-electron chi connectivity index (χ0n) is 11.5.